The summed E-state index contributed by atoms with van der Waals surface area (Å²) in [7, 11) is 0. The van der Waals surface area contributed by atoms with Crippen molar-refractivity contribution < 1.29 is 38.1 Å². The first-order chi connectivity index (χ1) is 21.9. The molecular formula is C34H46N4O8S2. The third-order valence-corrected chi connectivity index (χ3v) is 7.29. The number of ether oxygens (including phenoxy) is 4. The highest BCUT2D eigenvalue weighted by molar-refractivity contribution is 7.15. The van der Waals surface area contributed by atoms with Crippen LogP contribution in [-0.4, -0.2) is 46.8 Å². The highest BCUT2D eigenvalue weighted by atomic mass is 32.1. The van der Waals surface area contributed by atoms with Gasteiger partial charge in [-0.2, -0.15) is 0 Å². The SMILES string of the molecule is CC(C)(C)OC(=O)Nc1cscc1N(C(=O)OC(C)(C)C)c1ccc(-c2scc(NC(=O)OC(C)(C)C)c2NC(=O)OC(C)(C)C)cc1. The molecule has 0 radical (unpaired) electrons. The van der Waals surface area contributed by atoms with Gasteiger partial charge in [0.05, 0.1) is 33.3 Å². The van der Waals surface area contributed by atoms with Gasteiger partial charge in [0.1, 0.15) is 22.4 Å². The van der Waals surface area contributed by atoms with Gasteiger partial charge in [0.2, 0.25) is 0 Å². The fraction of sp³-hybridized carbons (Fsp3) is 0.471. The summed E-state index contributed by atoms with van der Waals surface area (Å²) in [6.45, 7) is 21.1. The van der Waals surface area contributed by atoms with Crippen LogP contribution in [0.4, 0.5) is 47.6 Å². The molecule has 0 saturated heterocycles. The van der Waals surface area contributed by atoms with E-state index in [0.717, 1.165) is 0 Å². The maximum absolute atomic E-state index is 13.6. The Hall–Kier alpha value is -4.30. The second kappa shape index (κ2) is 14.4. The Kier molecular flexibility index (Phi) is 11.5. The maximum atomic E-state index is 13.6. The smallest absolute Gasteiger partial charge is 0.419 e. The third kappa shape index (κ3) is 11.7. The number of nitrogens with zero attached hydrogens (tertiary/aromatic N) is 1. The Labute approximate surface area is 290 Å². The molecule has 3 rings (SSSR count). The topological polar surface area (TPSA) is 145 Å². The second-order valence-corrected chi connectivity index (χ2v) is 16.4. The molecule has 0 aliphatic heterocycles. The first-order valence-electron chi connectivity index (χ1n) is 15.2. The summed E-state index contributed by atoms with van der Waals surface area (Å²) < 4.78 is 22.1. The van der Waals surface area contributed by atoms with E-state index in [1.807, 2.05) is 0 Å². The monoisotopic (exact) mass is 702 g/mol. The van der Waals surface area contributed by atoms with Crippen LogP contribution in [-0.2, 0) is 18.9 Å². The lowest BCUT2D eigenvalue weighted by Crippen LogP contribution is -2.34. The van der Waals surface area contributed by atoms with Crippen LogP contribution < -0.4 is 20.9 Å². The molecule has 0 atom stereocenters. The molecule has 3 N–H and O–H groups in total. The third-order valence-electron chi connectivity index (χ3n) is 5.53. The molecule has 48 heavy (non-hydrogen) atoms. The molecule has 0 fully saturated rings. The highest BCUT2D eigenvalue weighted by Crippen LogP contribution is 2.43. The van der Waals surface area contributed by atoms with Crippen LogP contribution >= 0.6 is 22.7 Å². The molecule has 0 aliphatic carbocycles. The molecule has 0 aliphatic rings. The first kappa shape index (κ1) is 38.2. The minimum absolute atomic E-state index is 0.318. The van der Waals surface area contributed by atoms with Crippen molar-refractivity contribution in [2.24, 2.45) is 0 Å². The zero-order valence-corrected chi connectivity index (χ0v) is 31.2. The lowest BCUT2D eigenvalue weighted by atomic mass is 10.1. The van der Waals surface area contributed by atoms with E-state index in [-0.39, 0.29) is 0 Å². The Morgan fingerprint density at radius 3 is 1.52 bits per heavy atom. The van der Waals surface area contributed by atoms with Crippen molar-refractivity contribution in [3.05, 3.63) is 40.4 Å². The van der Waals surface area contributed by atoms with E-state index in [9.17, 15) is 19.2 Å². The molecule has 262 valence electrons. The van der Waals surface area contributed by atoms with Crippen LogP contribution in [0.25, 0.3) is 10.4 Å². The number of thiophene rings is 2. The average molecular weight is 703 g/mol. The number of carbonyl (C=O) groups is 4. The van der Waals surface area contributed by atoms with E-state index in [4.69, 9.17) is 18.9 Å². The predicted molar refractivity (Wildman–Crippen MR) is 192 cm³/mol. The first-order valence-corrected chi connectivity index (χ1v) is 17.0. The number of hydrogen-bond acceptors (Lipinski definition) is 10. The fourth-order valence-corrected chi connectivity index (χ4v) is 5.70. The summed E-state index contributed by atoms with van der Waals surface area (Å²) in [5.41, 5.74) is -0.498. The Balaban J connectivity index is 2.04. The van der Waals surface area contributed by atoms with Crippen molar-refractivity contribution in [3.8, 4) is 10.4 Å². The van der Waals surface area contributed by atoms with Gasteiger partial charge in [-0.1, -0.05) is 12.1 Å². The van der Waals surface area contributed by atoms with Gasteiger partial charge < -0.3 is 18.9 Å². The number of benzene rings is 1. The predicted octanol–water partition coefficient (Wildman–Crippen LogP) is 10.6. The lowest BCUT2D eigenvalue weighted by molar-refractivity contribution is 0.0591. The van der Waals surface area contributed by atoms with Crippen molar-refractivity contribution in [1.29, 1.82) is 0 Å². The minimum atomic E-state index is -0.805. The van der Waals surface area contributed by atoms with Crippen LogP contribution in [0, 0.1) is 0 Å². The van der Waals surface area contributed by atoms with Crippen molar-refractivity contribution in [2.75, 3.05) is 20.9 Å². The Morgan fingerprint density at radius 1 is 0.583 bits per heavy atom. The maximum Gasteiger partial charge on any atom is 0.419 e. The number of anilines is 5. The zero-order chi connectivity index (χ0) is 36.2. The second-order valence-electron chi connectivity index (χ2n) is 14.8. The van der Waals surface area contributed by atoms with Gasteiger partial charge in [0.15, 0.2) is 0 Å². The summed E-state index contributed by atoms with van der Waals surface area (Å²) in [6, 6.07) is 6.96. The molecule has 12 nitrogen and oxygen atoms in total. The van der Waals surface area contributed by atoms with Crippen molar-refractivity contribution >= 4 is 75.5 Å². The van der Waals surface area contributed by atoms with E-state index in [1.54, 1.807) is 123 Å². The van der Waals surface area contributed by atoms with Gasteiger partial charge >= 0.3 is 24.4 Å². The molecule has 0 saturated carbocycles. The summed E-state index contributed by atoms with van der Waals surface area (Å²) >= 11 is 2.58. The van der Waals surface area contributed by atoms with E-state index < -0.39 is 46.8 Å². The Morgan fingerprint density at radius 2 is 1.04 bits per heavy atom. The van der Waals surface area contributed by atoms with Gasteiger partial charge in [-0.25, -0.2) is 24.1 Å². The van der Waals surface area contributed by atoms with E-state index in [2.05, 4.69) is 16.0 Å². The fourth-order valence-electron chi connectivity index (χ4n) is 3.99. The van der Waals surface area contributed by atoms with Crippen LogP contribution in [0.15, 0.2) is 40.4 Å². The van der Waals surface area contributed by atoms with Crippen LogP contribution in [0.5, 0.6) is 0 Å². The van der Waals surface area contributed by atoms with Crippen LogP contribution in [0.2, 0.25) is 0 Å². The molecule has 1 aromatic carbocycles. The summed E-state index contributed by atoms with van der Waals surface area (Å²) in [6.07, 6.45) is -2.72. The van der Waals surface area contributed by atoms with Gasteiger partial charge in [-0.3, -0.25) is 16.0 Å². The molecule has 3 aromatic rings. The number of carbonyl (C=O) groups excluding carboxylic acids is 4. The summed E-state index contributed by atoms with van der Waals surface area (Å²) in [5.74, 6) is 0. The normalized spacial score (nSPS) is 12.1. The molecule has 14 heteroatoms. The van der Waals surface area contributed by atoms with Gasteiger partial charge in [0.25, 0.3) is 0 Å². The average Bonchev–Trinajstić information content (AvgIpc) is 3.47. The molecule has 0 unspecified atom stereocenters. The molecule has 0 spiro atoms. The molecule has 0 bridgehead atoms. The van der Waals surface area contributed by atoms with E-state index >= 15 is 0 Å². The van der Waals surface area contributed by atoms with Crippen molar-refractivity contribution in [3.63, 3.8) is 0 Å². The summed E-state index contributed by atoms with van der Waals surface area (Å²) in [4.78, 5) is 53.7. The molecular weight excluding hydrogens is 657 g/mol. The standard InChI is InChI=1S/C34H46N4O8S2/c1-31(2,3)43-27(39)35-22-17-47-19-24(22)38(30(42)46-34(10,11)12)21-15-13-20(14-16-21)26-25(37-29(41)45-33(7,8)9)23(18-48-26)36-28(40)44-32(4,5)6/h13-19H,1-12H3,(H,35,39)(H,36,40)(H,37,41). The van der Waals surface area contributed by atoms with Crippen molar-refractivity contribution in [2.45, 2.75) is 105 Å². The minimum Gasteiger partial charge on any atom is -0.444 e. The summed E-state index contributed by atoms with van der Waals surface area (Å²) in [5, 5.41) is 13.3. The Bertz CT molecular complexity index is 1620. The highest BCUT2D eigenvalue weighted by Gasteiger charge is 2.29. The molecule has 2 heterocycles. The number of amides is 4. The van der Waals surface area contributed by atoms with Gasteiger partial charge in [-0.15, -0.1) is 22.7 Å². The van der Waals surface area contributed by atoms with Gasteiger partial charge in [-0.05, 0) is 101 Å². The van der Waals surface area contributed by atoms with Crippen LogP contribution in [0.3, 0.4) is 0 Å². The van der Waals surface area contributed by atoms with Crippen LogP contribution in [0.1, 0.15) is 83.1 Å². The number of rotatable bonds is 6. The van der Waals surface area contributed by atoms with E-state index in [0.29, 0.717) is 38.9 Å². The number of hydrogen-bond donors (Lipinski definition) is 3. The number of nitrogens with one attached hydrogen (secondary N) is 3. The zero-order valence-electron chi connectivity index (χ0n) is 29.6. The molecule has 2 aromatic heterocycles. The van der Waals surface area contributed by atoms with E-state index in [1.165, 1.54) is 27.6 Å². The largest absolute Gasteiger partial charge is 0.444 e. The van der Waals surface area contributed by atoms with Crippen molar-refractivity contribution in [1.82, 2.24) is 0 Å². The lowest BCUT2D eigenvalue weighted by Gasteiger charge is -2.28. The quantitative estimate of drug-likeness (QED) is 0.215. The van der Waals surface area contributed by atoms with Gasteiger partial charge in [0, 0.05) is 16.1 Å². The molecule has 4 amide bonds.